The molecule has 3 aromatic rings. The predicted molar refractivity (Wildman–Crippen MR) is 94.9 cm³/mol. The van der Waals surface area contributed by atoms with Gasteiger partial charge in [-0.25, -0.2) is 9.50 Å². The first kappa shape index (κ1) is 16.9. The van der Waals surface area contributed by atoms with E-state index in [1.807, 2.05) is 45.0 Å². The van der Waals surface area contributed by atoms with Crippen LogP contribution in [-0.4, -0.2) is 32.6 Å². The van der Waals surface area contributed by atoms with E-state index in [2.05, 4.69) is 20.4 Å². The van der Waals surface area contributed by atoms with Gasteiger partial charge in [-0.2, -0.15) is 10.1 Å². The Labute approximate surface area is 146 Å². The van der Waals surface area contributed by atoms with E-state index in [1.165, 1.54) is 0 Å². The third kappa shape index (κ3) is 3.45. The van der Waals surface area contributed by atoms with Crippen LogP contribution in [0.25, 0.3) is 5.78 Å². The molecule has 1 aromatic carbocycles. The van der Waals surface area contributed by atoms with E-state index in [-0.39, 0.29) is 5.91 Å². The van der Waals surface area contributed by atoms with Crippen molar-refractivity contribution in [1.29, 1.82) is 0 Å². The second-order valence-electron chi connectivity index (χ2n) is 5.88. The lowest BCUT2D eigenvalue weighted by atomic mass is 10.1. The fraction of sp³-hybridized carbons (Fsp3) is 0.333. The normalized spacial score (nSPS) is 10.9. The number of carbonyl (C=O) groups excluding carboxylic acids is 1. The Morgan fingerprint density at radius 1 is 1.20 bits per heavy atom. The summed E-state index contributed by atoms with van der Waals surface area (Å²) in [6, 6.07) is 7.35. The van der Waals surface area contributed by atoms with Crippen molar-refractivity contribution in [2.75, 3.05) is 12.4 Å². The molecule has 0 bridgehead atoms. The summed E-state index contributed by atoms with van der Waals surface area (Å²) in [5.41, 5.74) is 3.53. The predicted octanol–water partition coefficient (Wildman–Crippen LogP) is 2.63. The Morgan fingerprint density at radius 2 is 1.96 bits per heavy atom. The molecule has 0 saturated carbocycles. The summed E-state index contributed by atoms with van der Waals surface area (Å²) in [7, 11) is 1.58. The van der Waals surface area contributed by atoms with Gasteiger partial charge in [-0.05, 0) is 44.9 Å². The van der Waals surface area contributed by atoms with E-state index < -0.39 is 0 Å². The molecule has 0 aliphatic rings. The molecular weight excluding hydrogens is 318 g/mol. The van der Waals surface area contributed by atoms with Crippen molar-refractivity contribution in [3.63, 3.8) is 0 Å². The van der Waals surface area contributed by atoms with E-state index in [1.54, 1.807) is 11.6 Å². The molecule has 0 unspecified atom stereocenters. The third-order valence-electron chi connectivity index (χ3n) is 4.14. The highest BCUT2D eigenvalue weighted by molar-refractivity contribution is 5.92. The fourth-order valence-corrected chi connectivity index (χ4v) is 2.87. The Hall–Kier alpha value is -2.96. The molecule has 0 spiro atoms. The van der Waals surface area contributed by atoms with E-state index in [0.717, 1.165) is 17.0 Å². The highest BCUT2D eigenvalue weighted by atomic mass is 16.5. The summed E-state index contributed by atoms with van der Waals surface area (Å²) in [6.45, 7) is 5.75. The number of rotatable bonds is 5. The number of ether oxygens (including phenoxy) is 1. The lowest BCUT2D eigenvalue weighted by Gasteiger charge is -2.12. The molecule has 0 atom stereocenters. The van der Waals surface area contributed by atoms with Crippen molar-refractivity contribution in [1.82, 2.24) is 19.6 Å². The van der Waals surface area contributed by atoms with Crippen LogP contribution in [0.4, 0.5) is 5.69 Å². The molecule has 7 nitrogen and oxygen atoms in total. The number of benzene rings is 1. The fourth-order valence-electron chi connectivity index (χ4n) is 2.87. The smallest absolute Gasteiger partial charge is 0.252 e. The van der Waals surface area contributed by atoms with Crippen LogP contribution in [0.5, 0.6) is 5.75 Å². The first-order valence-corrected chi connectivity index (χ1v) is 8.12. The lowest BCUT2D eigenvalue weighted by Crippen LogP contribution is -2.15. The van der Waals surface area contributed by atoms with Crippen LogP contribution in [0.1, 0.15) is 29.2 Å². The summed E-state index contributed by atoms with van der Waals surface area (Å²) in [4.78, 5) is 21.1. The summed E-state index contributed by atoms with van der Waals surface area (Å²) in [6.07, 6.45) is 0.932. The van der Waals surface area contributed by atoms with Crippen LogP contribution < -0.4 is 10.1 Å². The number of para-hydroxylation sites is 2. The largest absolute Gasteiger partial charge is 0.495 e. The standard InChI is InChI=1S/C18H21N5O2/c1-11-14(12(2)23-18(19-11)20-13(3)22-23)9-10-17(24)21-15-7-5-6-8-16(15)25-4/h5-8H,9-10H2,1-4H3,(H,21,24). The molecule has 2 heterocycles. The van der Waals surface area contributed by atoms with Crippen molar-refractivity contribution in [3.05, 3.63) is 47.0 Å². The zero-order chi connectivity index (χ0) is 18.0. The number of aryl methyl sites for hydroxylation is 3. The zero-order valence-corrected chi connectivity index (χ0v) is 14.8. The number of hydrogen-bond donors (Lipinski definition) is 1. The van der Waals surface area contributed by atoms with Gasteiger partial charge in [0.25, 0.3) is 5.78 Å². The lowest BCUT2D eigenvalue weighted by molar-refractivity contribution is -0.116. The molecule has 0 saturated heterocycles. The van der Waals surface area contributed by atoms with Crippen molar-refractivity contribution in [2.45, 2.75) is 33.6 Å². The number of aromatic nitrogens is 4. The summed E-state index contributed by atoms with van der Waals surface area (Å²) in [5, 5.41) is 7.25. The van der Waals surface area contributed by atoms with Crippen molar-refractivity contribution >= 4 is 17.4 Å². The van der Waals surface area contributed by atoms with Gasteiger partial charge in [-0.1, -0.05) is 12.1 Å². The summed E-state index contributed by atoms with van der Waals surface area (Å²) in [5.74, 6) is 1.85. The number of amides is 1. The monoisotopic (exact) mass is 339 g/mol. The topological polar surface area (TPSA) is 81.4 Å². The second-order valence-corrected chi connectivity index (χ2v) is 5.88. The molecule has 1 amide bonds. The molecule has 7 heteroatoms. The van der Waals surface area contributed by atoms with E-state index >= 15 is 0 Å². The minimum absolute atomic E-state index is 0.0711. The highest BCUT2D eigenvalue weighted by Crippen LogP contribution is 2.23. The van der Waals surface area contributed by atoms with Gasteiger partial charge in [0.05, 0.1) is 12.8 Å². The van der Waals surface area contributed by atoms with Gasteiger partial charge in [-0.15, -0.1) is 0 Å². The molecular formula is C18H21N5O2. The molecule has 0 aliphatic carbocycles. The number of carbonyl (C=O) groups is 1. The van der Waals surface area contributed by atoms with Gasteiger partial charge < -0.3 is 10.1 Å². The second kappa shape index (κ2) is 6.88. The van der Waals surface area contributed by atoms with Gasteiger partial charge in [0.1, 0.15) is 11.6 Å². The number of nitrogens with zero attached hydrogens (tertiary/aromatic N) is 4. The first-order valence-electron chi connectivity index (χ1n) is 8.12. The molecule has 1 N–H and O–H groups in total. The van der Waals surface area contributed by atoms with Crippen LogP contribution in [0, 0.1) is 20.8 Å². The van der Waals surface area contributed by atoms with Gasteiger partial charge in [0.15, 0.2) is 0 Å². The summed E-state index contributed by atoms with van der Waals surface area (Å²) < 4.78 is 6.99. The molecule has 0 aliphatic heterocycles. The molecule has 3 rings (SSSR count). The minimum Gasteiger partial charge on any atom is -0.495 e. The number of methoxy groups -OCH3 is 1. The van der Waals surface area contributed by atoms with Crippen LogP contribution in [0.3, 0.4) is 0 Å². The van der Waals surface area contributed by atoms with Crippen LogP contribution in [0.2, 0.25) is 0 Å². The SMILES string of the molecule is COc1ccccc1NC(=O)CCc1c(C)nc2nc(C)nn2c1C. The van der Waals surface area contributed by atoms with Gasteiger partial charge in [0, 0.05) is 17.8 Å². The van der Waals surface area contributed by atoms with Crippen molar-refractivity contribution in [3.8, 4) is 5.75 Å². The maximum Gasteiger partial charge on any atom is 0.252 e. The van der Waals surface area contributed by atoms with Gasteiger partial charge >= 0.3 is 0 Å². The number of nitrogens with one attached hydrogen (secondary N) is 1. The van der Waals surface area contributed by atoms with Crippen LogP contribution in [0.15, 0.2) is 24.3 Å². The van der Waals surface area contributed by atoms with E-state index in [0.29, 0.717) is 35.9 Å². The molecule has 0 fully saturated rings. The quantitative estimate of drug-likeness (QED) is 0.773. The van der Waals surface area contributed by atoms with Crippen LogP contribution >= 0.6 is 0 Å². The zero-order valence-electron chi connectivity index (χ0n) is 14.8. The van der Waals surface area contributed by atoms with Gasteiger partial charge in [0.2, 0.25) is 5.91 Å². The number of hydrogen-bond acceptors (Lipinski definition) is 5. The maximum absolute atomic E-state index is 12.3. The van der Waals surface area contributed by atoms with Crippen LogP contribution in [-0.2, 0) is 11.2 Å². The number of fused-ring (bicyclic) bond motifs is 1. The van der Waals surface area contributed by atoms with Crippen molar-refractivity contribution in [2.24, 2.45) is 0 Å². The Bertz CT molecular complexity index is 933. The molecule has 0 radical (unpaired) electrons. The molecule has 25 heavy (non-hydrogen) atoms. The maximum atomic E-state index is 12.3. The highest BCUT2D eigenvalue weighted by Gasteiger charge is 2.14. The average Bonchev–Trinajstić information content (AvgIpc) is 2.95. The molecule has 2 aromatic heterocycles. The average molecular weight is 339 g/mol. The Morgan fingerprint density at radius 3 is 2.72 bits per heavy atom. The van der Waals surface area contributed by atoms with Crippen molar-refractivity contribution < 1.29 is 9.53 Å². The number of anilines is 1. The van der Waals surface area contributed by atoms with E-state index in [9.17, 15) is 4.79 Å². The minimum atomic E-state index is -0.0711. The molecule has 130 valence electrons. The van der Waals surface area contributed by atoms with E-state index in [4.69, 9.17) is 4.74 Å². The summed E-state index contributed by atoms with van der Waals surface area (Å²) >= 11 is 0. The Kier molecular flexibility index (Phi) is 4.65. The van der Waals surface area contributed by atoms with Gasteiger partial charge in [-0.3, -0.25) is 4.79 Å². The Balaban J connectivity index is 1.75. The first-order chi connectivity index (χ1) is 12.0. The third-order valence-corrected chi connectivity index (χ3v) is 4.14.